The summed E-state index contributed by atoms with van der Waals surface area (Å²) in [5.74, 6) is 1.33. The Labute approximate surface area is 144 Å². The van der Waals surface area contributed by atoms with Gasteiger partial charge < -0.3 is 14.7 Å². The molecule has 0 saturated carbocycles. The van der Waals surface area contributed by atoms with Crippen LogP contribution in [0.15, 0.2) is 47.3 Å². The first kappa shape index (κ1) is 15.5. The Hall–Kier alpha value is -3.02. The maximum absolute atomic E-state index is 12.6. The highest BCUT2D eigenvalue weighted by atomic mass is 16.5. The molecule has 0 saturated heterocycles. The first-order valence-electron chi connectivity index (χ1n) is 8.28. The molecule has 0 bridgehead atoms. The van der Waals surface area contributed by atoms with E-state index in [1.165, 1.54) is 7.11 Å². The summed E-state index contributed by atoms with van der Waals surface area (Å²) in [5, 5.41) is 10.6. The first-order chi connectivity index (χ1) is 12.2. The average Bonchev–Trinajstić information content (AvgIpc) is 3.03. The summed E-state index contributed by atoms with van der Waals surface area (Å²) in [5.41, 5.74) is 1.76. The minimum Gasteiger partial charge on any atom is -0.504 e. The SMILES string of the molecule is COc1ccc(CCN2CCn3c2nc2ccccc2c3=O)cc1O. The van der Waals surface area contributed by atoms with Crippen molar-refractivity contribution in [2.45, 2.75) is 13.0 Å². The molecule has 2 aromatic carbocycles. The highest BCUT2D eigenvalue weighted by Crippen LogP contribution is 2.27. The Morgan fingerprint density at radius 3 is 2.84 bits per heavy atom. The van der Waals surface area contributed by atoms with Gasteiger partial charge in [0.25, 0.3) is 5.56 Å². The molecular formula is C19H19N3O3. The number of aromatic hydroxyl groups is 1. The number of methoxy groups -OCH3 is 1. The van der Waals surface area contributed by atoms with Gasteiger partial charge >= 0.3 is 0 Å². The Morgan fingerprint density at radius 2 is 2.04 bits per heavy atom. The van der Waals surface area contributed by atoms with Gasteiger partial charge in [0, 0.05) is 19.6 Å². The van der Waals surface area contributed by atoms with Crippen LogP contribution in [-0.2, 0) is 13.0 Å². The van der Waals surface area contributed by atoms with Gasteiger partial charge in [0.1, 0.15) is 0 Å². The van der Waals surface area contributed by atoms with E-state index in [1.807, 2.05) is 30.3 Å². The molecule has 1 aliphatic rings. The van der Waals surface area contributed by atoms with E-state index < -0.39 is 0 Å². The molecule has 0 unspecified atom stereocenters. The van der Waals surface area contributed by atoms with Crippen LogP contribution >= 0.6 is 0 Å². The Kier molecular flexibility index (Phi) is 3.80. The zero-order valence-electron chi connectivity index (χ0n) is 14.0. The second kappa shape index (κ2) is 6.12. The van der Waals surface area contributed by atoms with E-state index in [1.54, 1.807) is 16.7 Å². The summed E-state index contributed by atoms with van der Waals surface area (Å²) in [6.45, 7) is 2.15. The number of fused-ring (bicyclic) bond motifs is 2. The number of ether oxygens (including phenoxy) is 1. The summed E-state index contributed by atoms with van der Waals surface area (Å²) in [6.07, 6.45) is 0.750. The largest absolute Gasteiger partial charge is 0.504 e. The number of hydrogen-bond acceptors (Lipinski definition) is 5. The normalized spacial score (nSPS) is 13.2. The van der Waals surface area contributed by atoms with Crippen LogP contribution < -0.4 is 15.2 Å². The van der Waals surface area contributed by atoms with Crippen molar-refractivity contribution in [2.75, 3.05) is 25.1 Å². The van der Waals surface area contributed by atoms with Gasteiger partial charge in [-0.25, -0.2) is 4.98 Å². The van der Waals surface area contributed by atoms with Crippen LogP contribution in [0.1, 0.15) is 5.56 Å². The first-order valence-corrected chi connectivity index (χ1v) is 8.28. The van der Waals surface area contributed by atoms with Crippen LogP contribution in [0.25, 0.3) is 10.9 Å². The third kappa shape index (κ3) is 2.69. The fourth-order valence-corrected chi connectivity index (χ4v) is 3.29. The van der Waals surface area contributed by atoms with Crippen molar-refractivity contribution < 1.29 is 9.84 Å². The summed E-state index contributed by atoms with van der Waals surface area (Å²) in [4.78, 5) is 19.4. The van der Waals surface area contributed by atoms with E-state index in [4.69, 9.17) is 4.74 Å². The number of nitrogens with zero attached hydrogens (tertiary/aromatic N) is 3. The molecular weight excluding hydrogens is 318 g/mol. The van der Waals surface area contributed by atoms with Gasteiger partial charge in [-0.15, -0.1) is 0 Å². The highest BCUT2D eigenvalue weighted by molar-refractivity contribution is 5.78. The maximum atomic E-state index is 12.6. The van der Waals surface area contributed by atoms with Gasteiger partial charge in [-0.3, -0.25) is 9.36 Å². The number of para-hydroxylation sites is 1. The molecule has 0 fully saturated rings. The topological polar surface area (TPSA) is 67.6 Å². The number of aromatic nitrogens is 2. The Balaban J connectivity index is 1.59. The van der Waals surface area contributed by atoms with E-state index in [-0.39, 0.29) is 11.3 Å². The van der Waals surface area contributed by atoms with E-state index in [0.717, 1.165) is 36.5 Å². The molecule has 0 amide bonds. The molecule has 1 aliphatic heterocycles. The lowest BCUT2D eigenvalue weighted by Crippen LogP contribution is -2.25. The highest BCUT2D eigenvalue weighted by Gasteiger charge is 2.22. The standard InChI is InChI=1S/C19H19N3O3/c1-25-17-7-6-13(12-16(17)23)8-9-21-10-11-22-18(24)14-4-2-3-5-15(14)20-19(21)22/h2-7,12,23H,8-11H2,1H3. The third-order valence-electron chi connectivity index (χ3n) is 4.63. The quantitative estimate of drug-likeness (QED) is 0.790. The van der Waals surface area contributed by atoms with Crippen molar-refractivity contribution in [2.24, 2.45) is 0 Å². The van der Waals surface area contributed by atoms with Crippen molar-refractivity contribution in [3.8, 4) is 11.5 Å². The van der Waals surface area contributed by atoms with Gasteiger partial charge in [0.05, 0.1) is 18.0 Å². The number of phenols is 1. The predicted octanol–water partition coefficient (Wildman–Crippen LogP) is 2.17. The summed E-state index contributed by atoms with van der Waals surface area (Å²) < 4.78 is 6.81. The number of hydrogen-bond donors (Lipinski definition) is 1. The fourth-order valence-electron chi connectivity index (χ4n) is 3.29. The lowest BCUT2D eigenvalue weighted by atomic mass is 10.1. The second-order valence-corrected chi connectivity index (χ2v) is 6.13. The molecule has 4 rings (SSSR count). The Bertz CT molecular complexity index is 997. The number of rotatable bonds is 4. The van der Waals surface area contributed by atoms with Crippen molar-refractivity contribution in [1.82, 2.24) is 9.55 Å². The molecule has 2 heterocycles. The fraction of sp³-hybridized carbons (Fsp3) is 0.263. The molecule has 25 heavy (non-hydrogen) atoms. The van der Waals surface area contributed by atoms with Gasteiger partial charge in [-0.05, 0) is 36.2 Å². The van der Waals surface area contributed by atoms with Crippen molar-refractivity contribution in [1.29, 1.82) is 0 Å². The smallest absolute Gasteiger partial charge is 0.262 e. The molecule has 0 atom stereocenters. The monoisotopic (exact) mass is 337 g/mol. The van der Waals surface area contributed by atoms with E-state index >= 15 is 0 Å². The van der Waals surface area contributed by atoms with Crippen molar-refractivity contribution in [3.63, 3.8) is 0 Å². The molecule has 1 aromatic heterocycles. The van der Waals surface area contributed by atoms with Gasteiger partial charge in [-0.2, -0.15) is 0 Å². The van der Waals surface area contributed by atoms with E-state index in [9.17, 15) is 9.90 Å². The zero-order chi connectivity index (χ0) is 17.4. The second-order valence-electron chi connectivity index (χ2n) is 6.13. The summed E-state index contributed by atoms with van der Waals surface area (Å²) in [6, 6.07) is 12.9. The van der Waals surface area contributed by atoms with Gasteiger partial charge in [-0.1, -0.05) is 18.2 Å². The van der Waals surface area contributed by atoms with Crippen LogP contribution in [0.4, 0.5) is 5.95 Å². The maximum Gasteiger partial charge on any atom is 0.262 e. The van der Waals surface area contributed by atoms with E-state index in [0.29, 0.717) is 17.7 Å². The van der Waals surface area contributed by atoms with Crippen molar-refractivity contribution >= 4 is 16.9 Å². The summed E-state index contributed by atoms with van der Waals surface area (Å²) >= 11 is 0. The van der Waals surface area contributed by atoms with E-state index in [2.05, 4.69) is 9.88 Å². The minimum absolute atomic E-state index is 0.0187. The molecule has 1 N–H and O–H groups in total. The van der Waals surface area contributed by atoms with Crippen LogP contribution in [-0.4, -0.2) is 34.9 Å². The lowest BCUT2D eigenvalue weighted by molar-refractivity contribution is 0.373. The molecule has 3 aromatic rings. The lowest BCUT2D eigenvalue weighted by Gasteiger charge is -2.17. The van der Waals surface area contributed by atoms with Crippen LogP contribution in [0, 0.1) is 0 Å². The molecule has 0 radical (unpaired) electrons. The number of phenolic OH excluding ortho intramolecular Hbond substituents is 1. The molecule has 0 aliphatic carbocycles. The molecule has 128 valence electrons. The number of benzene rings is 2. The zero-order valence-corrected chi connectivity index (χ0v) is 14.0. The molecule has 0 spiro atoms. The number of anilines is 1. The third-order valence-corrected chi connectivity index (χ3v) is 4.63. The van der Waals surface area contributed by atoms with Crippen LogP contribution in [0.2, 0.25) is 0 Å². The predicted molar refractivity (Wildman–Crippen MR) is 96.6 cm³/mol. The average molecular weight is 337 g/mol. The Morgan fingerprint density at radius 1 is 1.20 bits per heavy atom. The molecule has 6 heteroatoms. The summed E-state index contributed by atoms with van der Waals surface area (Å²) in [7, 11) is 1.53. The van der Waals surface area contributed by atoms with Gasteiger partial charge in [0.2, 0.25) is 5.95 Å². The van der Waals surface area contributed by atoms with Crippen LogP contribution in [0.5, 0.6) is 11.5 Å². The van der Waals surface area contributed by atoms with Crippen LogP contribution in [0.3, 0.4) is 0 Å². The van der Waals surface area contributed by atoms with Crippen molar-refractivity contribution in [3.05, 3.63) is 58.4 Å². The molecule has 6 nitrogen and oxygen atoms in total. The van der Waals surface area contributed by atoms with Gasteiger partial charge in [0.15, 0.2) is 11.5 Å². The minimum atomic E-state index is 0.0187.